The summed E-state index contributed by atoms with van der Waals surface area (Å²) in [4.78, 5) is 4.18. The van der Waals surface area contributed by atoms with E-state index in [1.165, 1.54) is 0 Å². The summed E-state index contributed by atoms with van der Waals surface area (Å²) in [7, 11) is -3.22. The Bertz CT molecular complexity index is 583. The van der Waals surface area contributed by atoms with Crippen molar-refractivity contribution in [1.82, 2.24) is 9.71 Å². The molecular formula is C14H20N2O4S. The second-order valence-electron chi connectivity index (χ2n) is 5.62. The molecule has 1 aromatic heterocycles. The maximum Gasteiger partial charge on any atom is 0.214 e. The van der Waals surface area contributed by atoms with Crippen LogP contribution in [0.5, 0.6) is 5.75 Å². The highest BCUT2D eigenvalue weighted by Crippen LogP contribution is 2.28. The lowest BCUT2D eigenvalue weighted by atomic mass is 10.1. The fourth-order valence-corrected chi connectivity index (χ4v) is 3.99. The first-order valence-electron chi connectivity index (χ1n) is 7.23. The smallest absolute Gasteiger partial charge is 0.214 e. The Balaban J connectivity index is 1.67. The molecule has 116 valence electrons. The molecule has 2 heterocycles. The lowest BCUT2D eigenvalue weighted by Gasteiger charge is -2.32. The van der Waals surface area contributed by atoms with Gasteiger partial charge < -0.3 is 9.47 Å². The van der Waals surface area contributed by atoms with Crippen molar-refractivity contribution >= 4 is 10.0 Å². The number of hydrogen-bond donors (Lipinski definition) is 1. The third kappa shape index (κ3) is 3.72. The number of pyridine rings is 1. The van der Waals surface area contributed by atoms with Crippen molar-refractivity contribution in [3.05, 3.63) is 24.0 Å². The van der Waals surface area contributed by atoms with Crippen LogP contribution in [0.4, 0.5) is 0 Å². The average Bonchev–Trinajstić information content (AvgIpc) is 3.28. The van der Waals surface area contributed by atoms with Crippen LogP contribution in [-0.2, 0) is 14.8 Å². The predicted octanol–water partition coefficient (Wildman–Crippen LogP) is 1.01. The fraction of sp³-hybridized carbons (Fsp3) is 0.643. The summed E-state index contributed by atoms with van der Waals surface area (Å²) in [5.41, 5.74) is 0.910. The number of sulfonamides is 1. The van der Waals surface area contributed by atoms with Crippen molar-refractivity contribution in [3.63, 3.8) is 0 Å². The van der Waals surface area contributed by atoms with Gasteiger partial charge in [-0.2, -0.15) is 0 Å². The average molecular weight is 312 g/mol. The largest absolute Gasteiger partial charge is 0.485 e. The minimum absolute atomic E-state index is 0.220. The van der Waals surface area contributed by atoms with Gasteiger partial charge in [0.25, 0.3) is 0 Å². The molecule has 3 rings (SSSR count). The summed E-state index contributed by atoms with van der Waals surface area (Å²) in [6.45, 7) is 2.83. The molecule has 1 aliphatic carbocycles. The second-order valence-corrected chi connectivity index (χ2v) is 7.62. The number of nitrogens with zero attached hydrogens (tertiary/aromatic N) is 1. The molecule has 0 aromatic carbocycles. The van der Waals surface area contributed by atoms with Gasteiger partial charge in [-0.1, -0.05) is 0 Å². The van der Waals surface area contributed by atoms with E-state index < -0.39 is 10.0 Å². The van der Waals surface area contributed by atoms with Crippen LogP contribution in [0, 0.1) is 6.92 Å². The van der Waals surface area contributed by atoms with Crippen LogP contribution in [0.2, 0.25) is 0 Å². The molecule has 2 fully saturated rings. The third-order valence-electron chi connectivity index (χ3n) is 3.75. The quantitative estimate of drug-likeness (QED) is 0.878. The van der Waals surface area contributed by atoms with Gasteiger partial charge in [0.1, 0.15) is 11.9 Å². The first kappa shape index (κ1) is 14.7. The van der Waals surface area contributed by atoms with E-state index >= 15 is 0 Å². The Hall–Kier alpha value is -1.18. The molecule has 1 aliphatic heterocycles. The molecule has 2 atom stereocenters. The molecule has 1 saturated carbocycles. The van der Waals surface area contributed by atoms with Crippen LogP contribution in [-0.4, -0.2) is 44.0 Å². The number of nitrogens with one attached hydrogen (secondary N) is 1. The molecule has 6 nitrogen and oxygen atoms in total. The van der Waals surface area contributed by atoms with Gasteiger partial charge in [-0.05, 0) is 38.3 Å². The topological polar surface area (TPSA) is 77.5 Å². The lowest BCUT2D eigenvalue weighted by Crippen LogP contribution is -2.52. The molecule has 1 N–H and O–H groups in total. The van der Waals surface area contributed by atoms with Crippen LogP contribution in [0.25, 0.3) is 0 Å². The monoisotopic (exact) mass is 312 g/mol. The minimum atomic E-state index is -3.22. The molecule has 0 bridgehead atoms. The van der Waals surface area contributed by atoms with Gasteiger partial charge in [0.2, 0.25) is 10.0 Å². The van der Waals surface area contributed by atoms with Gasteiger partial charge >= 0.3 is 0 Å². The standard InChI is InChI=1S/C14H20N2O4S/c1-10-2-3-11(8-15-10)20-14-9-19-7-6-13(14)16-21(17,18)12-4-5-12/h2-3,8,12-14,16H,4-7,9H2,1H3/t13-,14+/m0/s1. The highest BCUT2D eigenvalue weighted by Gasteiger charge is 2.39. The van der Waals surface area contributed by atoms with Crippen molar-refractivity contribution < 1.29 is 17.9 Å². The van der Waals surface area contributed by atoms with Crippen molar-refractivity contribution in [3.8, 4) is 5.75 Å². The zero-order valence-corrected chi connectivity index (χ0v) is 12.8. The maximum absolute atomic E-state index is 12.1. The predicted molar refractivity (Wildman–Crippen MR) is 77.7 cm³/mol. The number of hydrogen-bond acceptors (Lipinski definition) is 5. The van der Waals surface area contributed by atoms with Gasteiger partial charge in [-0.25, -0.2) is 13.1 Å². The Kier molecular flexibility index (Phi) is 4.14. The van der Waals surface area contributed by atoms with Crippen LogP contribution < -0.4 is 9.46 Å². The Morgan fingerprint density at radius 3 is 2.81 bits per heavy atom. The molecule has 2 aliphatic rings. The second kappa shape index (κ2) is 5.90. The van der Waals surface area contributed by atoms with Gasteiger partial charge in [0, 0.05) is 12.3 Å². The fourth-order valence-electron chi connectivity index (χ4n) is 2.35. The third-order valence-corrected chi connectivity index (χ3v) is 5.73. The van der Waals surface area contributed by atoms with E-state index in [1.54, 1.807) is 6.20 Å². The first-order chi connectivity index (χ1) is 10.0. The maximum atomic E-state index is 12.1. The molecule has 0 spiro atoms. The van der Waals surface area contributed by atoms with Gasteiger partial charge in [0.15, 0.2) is 0 Å². The minimum Gasteiger partial charge on any atom is -0.485 e. The summed E-state index contributed by atoms with van der Waals surface area (Å²) in [5, 5.41) is -0.220. The Morgan fingerprint density at radius 1 is 1.33 bits per heavy atom. The zero-order valence-electron chi connectivity index (χ0n) is 12.0. The molecule has 0 amide bonds. The highest BCUT2D eigenvalue weighted by molar-refractivity contribution is 7.90. The molecule has 7 heteroatoms. The van der Waals surface area contributed by atoms with Gasteiger partial charge in [0.05, 0.1) is 24.1 Å². The van der Waals surface area contributed by atoms with Gasteiger partial charge in [-0.15, -0.1) is 0 Å². The first-order valence-corrected chi connectivity index (χ1v) is 8.77. The summed E-state index contributed by atoms with van der Waals surface area (Å²) < 4.78 is 38.2. The van der Waals surface area contributed by atoms with E-state index in [0.29, 0.717) is 25.4 Å². The molecule has 0 unspecified atom stereocenters. The van der Waals surface area contributed by atoms with Crippen molar-refractivity contribution in [2.24, 2.45) is 0 Å². The van der Waals surface area contributed by atoms with E-state index in [-0.39, 0.29) is 17.4 Å². The van der Waals surface area contributed by atoms with Gasteiger partial charge in [-0.3, -0.25) is 4.98 Å². The number of ether oxygens (including phenoxy) is 2. The molecule has 0 radical (unpaired) electrons. The molecule has 21 heavy (non-hydrogen) atoms. The van der Waals surface area contributed by atoms with Crippen LogP contribution in [0.15, 0.2) is 18.3 Å². The van der Waals surface area contributed by atoms with Crippen molar-refractivity contribution in [2.75, 3.05) is 13.2 Å². The molecule has 1 aromatic rings. The Morgan fingerprint density at radius 2 is 2.14 bits per heavy atom. The van der Waals surface area contributed by atoms with E-state index in [9.17, 15) is 8.42 Å². The van der Waals surface area contributed by atoms with Crippen LogP contribution in [0.3, 0.4) is 0 Å². The van der Waals surface area contributed by atoms with E-state index in [0.717, 1.165) is 18.5 Å². The van der Waals surface area contributed by atoms with Crippen LogP contribution >= 0.6 is 0 Å². The number of aryl methyl sites for hydroxylation is 1. The van der Waals surface area contributed by atoms with E-state index in [4.69, 9.17) is 9.47 Å². The summed E-state index contributed by atoms with van der Waals surface area (Å²) in [5.74, 6) is 0.631. The van der Waals surface area contributed by atoms with E-state index in [1.807, 2.05) is 19.1 Å². The summed E-state index contributed by atoms with van der Waals surface area (Å²) in [6, 6.07) is 3.46. The lowest BCUT2D eigenvalue weighted by molar-refractivity contribution is -0.00942. The van der Waals surface area contributed by atoms with Crippen LogP contribution in [0.1, 0.15) is 25.0 Å². The molecule has 1 saturated heterocycles. The summed E-state index contributed by atoms with van der Waals surface area (Å²) >= 11 is 0. The highest BCUT2D eigenvalue weighted by atomic mass is 32.2. The normalized spacial score (nSPS) is 26.5. The van der Waals surface area contributed by atoms with E-state index in [2.05, 4.69) is 9.71 Å². The molecular weight excluding hydrogens is 292 g/mol. The zero-order chi connectivity index (χ0) is 14.9. The number of rotatable bonds is 5. The summed E-state index contributed by atoms with van der Waals surface area (Å²) in [6.07, 6.45) is 3.46. The van der Waals surface area contributed by atoms with Crippen molar-refractivity contribution in [2.45, 2.75) is 43.6 Å². The van der Waals surface area contributed by atoms with Crippen molar-refractivity contribution in [1.29, 1.82) is 0 Å². The Labute approximate surface area is 124 Å². The SMILES string of the molecule is Cc1ccc(O[C@@H]2COCC[C@@H]2NS(=O)(=O)C2CC2)cn1. The number of aromatic nitrogens is 1.